The molecule has 0 saturated heterocycles. The van der Waals surface area contributed by atoms with Gasteiger partial charge in [-0.15, -0.1) is 0 Å². The van der Waals surface area contributed by atoms with Crippen LogP contribution in [-0.4, -0.2) is 19.7 Å². The van der Waals surface area contributed by atoms with Gasteiger partial charge in [-0.1, -0.05) is 27.5 Å². The first kappa shape index (κ1) is 13.3. The first-order valence-electron chi connectivity index (χ1n) is 4.74. The number of rotatable bonds is 4. The van der Waals surface area contributed by atoms with E-state index in [1.807, 2.05) is 0 Å². The largest absolute Gasteiger partial charge is 0.496 e. The van der Waals surface area contributed by atoms with E-state index < -0.39 is 4.83 Å². The van der Waals surface area contributed by atoms with Gasteiger partial charge in [0.15, 0.2) is 0 Å². The van der Waals surface area contributed by atoms with Gasteiger partial charge in [0, 0.05) is 10.6 Å². The summed E-state index contributed by atoms with van der Waals surface area (Å²) in [6.45, 7) is 2.09. The standard InChI is InChI=1S/C11H12BrClO3/c1-3-16-11(14)10(12)8-6-7(13)4-5-9(8)15-2/h4-6,10H,3H2,1-2H3. The molecule has 1 aromatic carbocycles. The number of hydrogen-bond acceptors (Lipinski definition) is 3. The van der Waals surface area contributed by atoms with E-state index in [0.717, 1.165) is 0 Å². The smallest absolute Gasteiger partial charge is 0.324 e. The van der Waals surface area contributed by atoms with E-state index >= 15 is 0 Å². The molecule has 0 bridgehead atoms. The van der Waals surface area contributed by atoms with E-state index in [0.29, 0.717) is 22.9 Å². The Hall–Kier alpha value is -0.740. The van der Waals surface area contributed by atoms with Crippen LogP contribution in [0.15, 0.2) is 18.2 Å². The number of benzene rings is 1. The average molecular weight is 308 g/mol. The van der Waals surface area contributed by atoms with Gasteiger partial charge in [0.1, 0.15) is 10.6 Å². The molecule has 0 spiro atoms. The Bertz CT molecular complexity index is 381. The lowest BCUT2D eigenvalue weighted by molar-refractivity contribution is -0.142. The molecule has 0 aliphatic rings. The lowest BCUT2D eigenvalue weighted by Crippen LogP contribution is -2.11. The average Bonchev–Trinajstić information content (AvgIpc) is 2.28. The van der Waals surface area contributed by atoms with Crippen LogP contribution < -0.4 is 4.74 Å². The monoisotopic (exact) mass is 306 g/mol. The van der Waals surface area contributed by atoms with Crippen molar-refractivity contribution < 1.29 is 14.3 Å². The highest BCUT2D eigenvalue weighted by Crippen LogP contribution is 2.34. The normalized spacial score (nSPS) is 12.0. The van der Waals surface area contributed by atoms with Gasteiger partial charge in [-0.25, -0.2) is 0 Å². The summed E-state index contributed by atoms with van der Waals surface area (Å²) in [7, 11) is 1.54. The molecule has 0 aliphatic heterocycles. The SMILES string of the molecule is CCOC(=O)C(Br)c1cc(Cl)ccc1OC. The van der Waals surface area contributed by atoms with Gasteiger partial charge in [0.2, 0.25) is 0 Å². The molecule has 1 unspecified atom stereocenters. The molecule has 0 fully saturated rings. The van der Waals surface area contributed by atoms with Crippen molar-refractivity contribution in [1.82, 2.24) is 0 Å². The lowest BCUT2D eigenvalue weighted by atomic mass is 10.1. The Labute approximate surface area is 108 Å². The van der Waals surface area contributed by atoms with Crippen molar-refractivity contribution in [3.63, 3.8) is 0 Å². The molecule has 88 valence electrons. The van der Waals surface area contributed by atoms with Crippen LogP contribution in [0.5, 0.6) is 5.75 Å². The van der Waals surface area contributed by atoms with E-state index in [1.165, 1.54) is 7.11 Å². The zero-order valence-corrected chi connectivity index (χ0v) is 11.3. The maximum atomic E-state index is 11.6. The fourth-order valence-electron chi connectivity index (χ4n) is 1.25. The summed E-state index contributed by atoms with van der Waals surface area (Å²) in [5.74, 6) is 0.238. The van der Waals surface area contributed by atoms with Crippen molar-refractivity contribution in [3.05, 3.63) is 28.8 Å². The van der Waals surface area contributed by atoms with Gasteiger partial charge < -0.3 is 9.47 Å². The molecule has 0 heterocycles. The molecule has 1 atom stereocenters. The van der Waals surface area contributed by atoms with Crippen LogP contribution in [0.2, 0.25) is 5.02 Å². The van der Waals surface area contributed by atoms with Gasteiger partial charge in [-0.05, 0) is 25.1 Å². The summed E-state index contributed by atoms with van der Waals surface area (Å²) in [5.41, 5.74) is 0.661. The molecule has 1 rings (SSSR count). The van der Waals surface area contributed by atoms with E-state index in [1.54, 1.807) is 25.1 Å². The Morgan fingerprint density at radius 3 is 2.81 bits per heavy atom. The second-order valence-electron chi connectivity index (χ2n) is 3.00. The van der Waals surface area contributed by atoms with Crippen LogP contribution in [0, 0.1) is 0 Å². The number of carbonyl (C=O) groups is 1. The van der Waals surface area contributed by atoms with Gasteiger partial charge in [-0.2, -0.15) is 0 Å². The van der Waals surface area contributed by atoms with Gasteiger partial charge in [0.05, 0.1) is 13.7 Å². The predicted octanol–water partition coefficient (Wildman–Crippen LogP) is 3.35. The molecule has 0 aliphatic carbocycles. The molecule has 3 nitrogen and oxygen atoms in total. The first-order valence-corrected chi connectivity index (χ1v) is 6.03. The third-order valence-electron chi connectivity index (χ3n) is 1.96. The van der Waals surface area contributed by atoms with Gasteiger partial charge in [-0.3, -0.25) is 4.79 Å². The maximum Gasteiger partial charge on any atom is 0.324 e. The molecule has 0 aromatic heterocycles. The predicted molar refractivity (Wildman–Crippen MR) is 66.3 cm³/mol. The van der Waals surface area contributed by atoms with Crippen LogP contribution in [0.25, 0.3) is 0 Å². The fraction of sp³-hybridized carbons (Fsp3) is 0.364. The number of alkyl halides is 1. The Morgan fingerprint density at radius 1 is 1.56 bits per heavy atom. The minimum absolute atomic E-state index is 0.337. The molecular weight excluding hydrogens is 295 g/mol. The van der Waals surface area contributed by atoms with Crippen LogP contribution >= 0.6 is 27.5 Å². The topological polar surface area (TPSA) is 35.5 Å². The van der Waals surface area contributed by atoms with E-state index in [-0.39, 0.29) is 5.97 Å². The summed E-state index contributed by atoms with van der Waals surface area (Å²) < 4.78 is 10.1. The first-order chi connectivity index (χ1) is 7.60. The van der Waals surface area contributed by atoms with Crippen molar-refractivity contribution in [3.8, 4) is 5.75 Å². The summed E-state index contributed by atoms with van der Waals surface area (Å²) >= 11 is 9.14. The molecular formula is C11H12BrClO3. The fourth-order valence-corrected chi connectivity index (χ4v) is 1.92. The Balaban J connectivity index is 3.01. The van der Waals surface area contributed by atoms with Crippen LogP contribution in [0.4, 0.5) is 0 Å². The van der Waals surface area contributed by atoms with Gasteiger partial charge >= 0.3 is 5.97 Å². The number of ether oxygens (including phenoxy) is 2. The summed E-state index contributed by atoms with van der Waals surface area (Å²) in [5, 5.41) is 0.546. The minimum atomic E-state index is -0.568. The molecule has 1 aromatic rings. The van der Waals surface area contributed by atoms with Crippen LogP contribution in [0.1, 0.15) is 17.3 Å². The van der Waals surface area contributed by atoms with Crippen molar-refractivity contribution >= 4 is 33.5 Å². The summed E-state index contributed by atoms with van der Waals surface area (Å²) in [4.78, 5) is 11.0. The molecule has 5 heteroatoms. The van der Waals surface area contributed by atoms with Crippen molar-refractivity contribution in [2.45, 2.75) is 11.8 Å². The Kier molecular flexibility index (Phi) is 5.09. The zero-order chi connectivity index (χ0) is 12.1. The molecule has 0 saturated carbocycles. The van der Waals surface area contributed by atoms with Gasteiger partial charge in [0.25, 0.3) is 0 Å². The lowest BCUT2D eigenvalue weighted by Gasteiger charge is -2.13. The zero-order valence-electron chi connectivity index (χ0n) is 9.00. The van der Waals surface area contributed by atoms with Crippen molar-refractivity contribution in [2.75, 3.05) is 13.7 Å². The van der Waals surface area contributed by atoms with E-state index in [4.69, 9.17) is 21.1 Å². The molecule has 0 N–H and O–H groups in total. The number of carbonyl (C=O) groups excluding carboxylic acids is 1. The highest BCUT2D eigenvalue weighted by molar-refractivity contribution is 9.09. The highest BCUT2D eigenvalue weighted by atomic mass is 79.9. The minimum Gasteiger partial charge on any atom is -0.496 e. The number of halogens is 2. The Morgan fingerprint density at radius 2 is 2.25 bits per heavy atom. The van der Waals surface area contributed by atoms with Crippen molar-refractivity contribution in [1.29, 1.82) is 0 Å². The second kappa shape index (κ2) is 6.11. The highest BCUT2D eigenvalue weighted by Gasteiger charge is 2.22. The summed E-state index contributed by atoms with van der Waals surface area (Å²) in [6.07, 6.45) is 0. The van der Waals surface area contributed by atoms with Crippen LogP contribution in [0.3, 0.4) is 0 Å². The summed E-state index contributed by atoms with van der Waals surface area (Å²) in [6, 6.07) is 5.09. The van der Waals surface area contributed by atoms with Crippen LogP contribution in [-0.2, 0) is 9.53 Å². The quantitative estimate of drug-likeness (QED) is 0.632. The number of hydrogen-bond donors (Lipinski definition) is 0. The third-order valence-corrected chi connectivity index (χ3v) is 3.06. The molecule has 16 heavy (non-hydrogen) atoms. The van der Waals surface area contributed by atoms with E-state index in [9.17, 15) is 4.79 Å². The maximum absolute atomic E-state index is 11.6. The van der Waals surface area contributed by atoms with Crippen molar-refractivity contribution in [2.24, 2.45) is 0 Å². The van der Waals surface area contributed by atoms with E-state index in [2.05, 4.69) is 15.9 Å². The molecule has 0 amide bonds. The number of esters is 1. The third kappa shape index (κ3) is 3.12. The molecule has 0 radical (unpaired) electrons. The second-order valence-corrected chi connectivity index (χ2v) is 4.35. The number of methoxy groups -OCH3 is 1.